The fraction of sp³-hybridized carbons (Fsp3) is 0.625. The molecule has 0 aromatic carbocycles. The molecular weight excluding hydrogens is 400 g/mol. The molecule has 3 rings (SSSR count). The van der Waals surface area contributed by atoms with Crippen molar-refractivity contribution in [2.45, 2.75) is 65.7 Å². The lowest BCUT2D eigenvalue weighted by Crippen LogP contribution is -2.54. The lowest BCUT2D eigenvalue weighted by atomic mass is 9.47. The number of hydrogen-bond acceptors (Lipinski definition) is 6. The van der Waals surface area contributed by atoms with Gasteiger partial charge in [-0.3, -0.25) is 14.4 Å². The number of esters is 2. The molecule has 0 saturated heterocycles. The van der Waals surface area contributed by atoms with Crippen LogP contribution in [0.2, 0.25) is 0 Å². The Morgan fingerprint density at radius 1 is 1.29 bits per heavy atom. The van der Waals surface area contributed by atoms with Crippen LogP contribution in [-0.2, 0) is 30.3 Å². The molecule has 7 nitrogen and oxygen atoms in total. The maximum atomic E-state index is 12.2. The Balaban J connectivity index is 1.93. The van der Waals surface area contributed by atoms with Crippen LogP contribution >= 0.6 is 0 Å². The highest BCUT2D eigenvalue weighted by Crippen LogP contribution is 2.62. The molecule has 0 radical (unpaired) electrons. The van der Waals surface area contributed by atoms with Crippen LogP contribution in [0, 0.1) is 22.7 Å². The lowest BCUT2D eigenvalue weighted by Gasteiger charge is -2.58. The van der Waals surface area contributed by atoms with Gasteiger partial charge >= 0.3 is 17.9 Å². The number of carbonyl (C=O) groups is 3. The summed E-state index contributed by atoms with van der Waals surface area (Å²) in [4.78, 5) is 34.9. The number of allylic oxidation sites excluding steroid dienone is 1. The first-order valence-electron chi connectivity index (χ1n) is 10.9. The standard InChI is InChI=1S/C24H32O7/c1-16-7-11-24(15-30-17(2)25)19(23(16,3)10-8-18-9-12-29-14-18)5-4-6-20(24)31-22(28)13-21(26)27/h6,9,12,14,16,19H,4-5,7-8,10-11,13,15H2,1-3H3,(H,26,27)/t16-,19-,23+,24+/m1/s1. The number of aryl methyl sites for hydroxylation is 1. The summed E-state index contributed by atoms with van der Waals surface area (Å²) < 4.78 is 16.4. The van der Waals surface area contributed by atoms with E-state index in [0.717, 1.165) is 44.1 Å². The van der Waals surface area contributed by atoms with Crippen LogP contribution in [0.25, 0.3) is 0 Å². The van der Waals surface area contributed by atoms with Crippen LogP contribution in [0.5, 0.6) is 0 Å². The second-order valence-electron chi connectivity index (χ2n) is 9.26. The Labute approximate surface area is 182 Å². The van der Waals surface area contributed by atoms with Crippen molar-refractivity contribution < 1.29 is 33.4 Å². The molecule has 0 unspecified atom stereocenters. The minimum atomic E-state index is -1.23. The molecule has 1 saturated carbocycles. The summed E-state index contributed by atoms with van der Waals surface area (Å²) in [7, 11) is 0. The molecule has 2 aliphatic rings. The van der Waals surface area contributed by atoms with Gasteiger partial charge in [-0.05, 0) is 73.5 Å². The summed E-state index contributed by atoms with van der Waals surface area (Å²) >= 11 is 0. The molecule has 0 aliphatic heterocycles. The zero-order valence-electron chi connectivity index (χ0n) is 18.5. The third-order valence-corrected chi connectivity index (χ3v) is 7.47. The monoisotopic (exact) mass is 432 g/mol. The number of hydrogen-bond donors (Lipinski definition) is 1. The number of carboxylic acid groups (broad SMARTS) is 1. The van der Waals surface area contributed by atoms with Gasteiger partial charge in [0.05, 0.1) is 17.9 Å². The van der Waals surface area contributed by atoms with Gasteiger partial charge in [-0.15, -0.1) is 0 Å². The zero-order valence-corrected chi connectivity index (χ0v) is 18.5. The molecule has 1 heterocycles. The first kappa shape index (κ1) is 23.1. The largest absolute Gasteiger partial charge is 0.481 e. The van der Waals surface area contributed by atoms with E-state index in [2.05, 4.69) is 13.8 Å². The molecule has 0 bridgehead atoms. The summed E-state index contributed by atoms with van der Waals surface area (Å²) in [5, 5.41) is 8.97. The quantitative estimate of drug-likeness (QED) is 0.476. The Morgan fingerprint density at radius 2 is 2.06 bits per heavy atom. The minimum Gasteiger partial charge on any atom is -0.481 e. The Kier molecular flexibility index (Phi) is 6.92. The van der Waals surface area contributed by atoms with Crippen LogP contribution in [-0.4, -0.2) is 29.6 Å². The van der Waals surface area contributed by atoms with Gasteiger partial charge in [-0.25, -0.2) is 0 Å². The summed E-state index contributed by atoms with van der Waals surface area (Å²) in [6, 6.07) is 1.98. The van der Waals surface area contributed by atoms with E-state index in [1.165, 1.54) is 6.92 Å². The predicted molar refractivity (Wildman–Crippen MR) is 112 cm³/mol. The second kappa shape index (κ2) is 9.28. The van der Waals surface area contributed by atoms with Crippen LogP contribution in [0.15, 0.2) is 34.8 Å². The first-order valence-corrected chi connectivity index (χ1v) is 10.9. The molecule has 1 aromatic rings. The summed E-state index contributed by atoms with van der Waals surface area (Å²) in [5.74, 6) is -1.36. The summed E-state index contributed by atoms with van der Waals surface area (Å²) in [5.41, 5.74) is 0.438. The maximum absolute atomic E-state index is 12.2. The Hall–Kier alpha value is -2.57. The van der Waals surface area contributed by atoms with Crippen molar-refractivity contribution >= 4 is 17.9 Å². The van der Waals surface area contributed by atoms with Gasteiger partial charge in [0.1, 0.15) is 18.8 Å². The van der Waals surface area contributed by atoms with Crippen molar-refractivity contribution in [3.05, 3.63) is 36.0 Å². The highest BCUT2D eigenvalue weighted by Gasteiger charge is 2.58. The van der Waals surface area contributed by atoms with Crippen molar-refractivity contribution in [2.24, 2.45) is 22.7 Å². The van der Waals surface area contributed by atoms with Crippen molar-refractivity contribution in [2.75, 3.05) is 6.61 Å². The van der Waals surface area contributed by atoms with Gasteiger partial charge in [-0.1, -0.05) is 13.8 Å². The van der Waals surface area contributed by atoms with Crippen LogP contribution < -0.4 is 0 Å². The van der Waals surface area contributed by atoms with Crippen LogP contribution in [0.4, 0.5) is 0 Å². The third-order valence-electron chi connectivity index (χ3n) is 7.47. The highest BCUT2D eigenvalue weighted by atomic mass is 16.6. The average molecular weight is 433 g/mol. The molecule has 1 N–H and O–H groups in total. The van der Waals surface area contributed by atoms with E-state index in [9.17, 15) is 14.4 Å². The van der Waals surface area contributed by atoms with E-state index in [1.807, 2.05) is 12.1 Å². The van der Waals surface area contributed by atoms with E-state index in [4.69, 9.17) is 19.0 Å². The average Bonchev–Trinajstić information content (AvgIpc) is 3.22. The SMILES string of the molecule is CC(=O)OC[C@@]12CC[C@@H](C)[C@](C)(CCc3ccoc3)[C@H]1CCC=C2OC(=O)CC(=O)O. The molecule has 7 heteroatoms. The number of ether oxygens (including phenoxy) is 2. The number of carboxylic acids is 1. The lowest BCUT2D eigenvalue weighted by molar-refractivity contribution is -0.161. The normalized spacial score (nSPS) is 30.1. The highest BCUT2D eigenvalue weighted by molar-refractivity contribution is 5.90. The van der Waals surface area contributed by atoms with E-state index >= 15 is 0 Å². The van der Waals surface area contributed by atoms with Gasteiger partial charge in [0.2, 0.25) is 0 Å². The Bertz CT molecular complexity index is 840. The second-order valence-corrected chi connectivity index (χ2v) is 9.26. The fourth-order valence-corrected chi connectivity index (χ4v) is 5.61. The number of furan rings is 1. The minimum absolute atomic E-state index is 0.0750. The third kappa shape index (κ3) is 4.86. The van der Waals surface area contributed by atoms with Gasteiger partial charge in [-0.2, -0.15) is 0 Å². The van der Waals surface area contributed by atoms with E-state index in [1.54, 1.807) is 12.5 Å². The molecule has 4 atom stereocenters. The summed E-state index contributed by atoms with van der Waals surface area (Å²) in [6.45, 7) is 6.05. The molecule has 170 valence electrons. The number of aliphatic carboxylic acids is 1. The van der Waals surface area contributed by atoms with E-state index < -0.39 is 23.8 Å². The van der Waals surface area contributed by atoms with Gasteiger partial charge < -0.3 is 19.0 Å². The molecule has 1 aromatic heterocycles. The smallest absolute Gasteiger partial charge is 0.322 e. The van der Waals surface area contributed by atoms with Gasteiger partial charge in [0.25, 0.3) is 0 Å². The van der Waals surface area contributed by atoms with Crippen molar-refractivity contribution in [3.8, 4) is 0 Å². The van der Waals surface area contributed by atoms with Crippen molar-refractivity contribution in [1.82, 2.24) is 0 Å². The van der Waals surface area contributed by atoms with Crippen LogP contribution in [0.3, 0.4) is 0 Å². The predicted octanol–water partition coefficient (Wildman–Crippen LogP) is 4.51. The van der Waals surface area contributed by atoms with E-state index in [0.29, 0.717) is 11.7 Å². The molecule has 0 spiro atoms. The molecule has 1 fully saturated rings. The number of rotatable bonds is 8. The Morgan fingerprint density at radius 3 is 2.71 bits per heavy atom. The molecular formula is C24H32O7. The van der Waals surface area contributed by atoms with Crippen molar-refractivity contribution in [3.63, 3.8) is 0 Å². The fourth-order valence-electron chi connectivity index (χ4n) is 5.61. The topological polar surface area (TPSA) is 103 Å². The molecule has 31 heavy (non-hydrogen) atoms. The van der Waals surface area contributed by atoms with Crippen molar-refractivity contribution in [1.29, 1.82) is 0 Å². The number of carbonyl (C=O) groups excluding carboxylic acids is 2. The maximum Gasteiger partial charge on any atom is 0.322 e. The number of fused-ring (bicyclic) bond motifs is 1. The first-order chi connectivity index (χ1) is 14.7. The van der Waals surface area contributed by atoms with Crippen LogP contribution in [0.1, 0.15) is 64.9 Å². The zero-order chi connectivity index (χ0) is 22.6. The molecule has 0 amide bonds. The van der Waals surface area contributed by atoms with Gasteiger partial charge in [0.15, 0.2) is 0 Å². The molecule has 2 aliphatic carbocycles. The van der Waals surface area contributed by atoms with Gasteiger partial charge in [0, 0.05) is 6.92 Å². The van der Waals surface area contributed by atoms with E-state index in [-0.39, 0.29) is 23.9 Å². The summed E-state index contributed by atoms with van der Waals surface area (Å²) in [6.07, 6.45) is 9.67.